The number of nitrogens with one attached hydrogen (secondary N) is 2. The van der Waals surface area contributed by atoms with Crippen molar-refractivity contribution in [3.8, 4) is 0 Å². The summed E-state index contributed by atoms with van der Waals surface area (Å²) in [4.78, 5) is 22.5. The Kier molecular flexibility index (Phi) is 24.1. The van der Waals surface area contributed by atoms with Crippen LogP contribution in [-0.2, 0) is 19.1 Å². The highest BCUT2D eigenvalue weighted by atomic mass is 16.5. The van der Waals surface area contributed by atoms with Gasteiger partial charge in [0, 0.05) is 18.7 Å². The summed E-state index contributed by atoms with van der Waals surface area (Å²) in [7, 11) is 0. The lowest BCUT2D eigenvalue weighted by Gasteiger charge is -2.07. The molecular weight excluding hydrogens is 434 g/mol. The van der Waals surface area contributed by atoms with E-state index in [0.29, 0.717) is 32.8 Å². The molecule has 0 aromatic rings. The maximum absolute atomic E-state index is 11.8. The zero-order valence-electron chi connectivity index (χ0n) is 21.5. The molecule has 1 amide bonds. The number of allylic oxidation sites excluding steroid dienone is 1. The van der Waals surface area contributed by atoms with Gasteiger partial charge in [-0.2, -0.15) is 0 Å². The van der Waals surface area contributed by atoms with E-state index >= 15 is 0 Å². The molecule has 4 N–H and O–H groups in total. The Labute approximate surface area is 206 Å². The van der Waals surface area contributed by atoms with Crippen molar-refractivity contribution in [3.05, 3.63) is 12.3 Å². The molecule has 0 heterocycles. The van der Waals surface area contributed by atoms with E-state index in [0.717, 1.165) is 31.4 Å². The van der Waals surface area contributed by atoms with E-state index in [4.69, 9.17) is 15.3 Å². The molecule has 0 saturated heterocycles. The van der Waals surface area contributed by atoms with Gasteiger partial charge in [-0.25, -0.2) is 0 Å². The monoisotopic (exact) mass is 483 g/mol. The summed E-state index contributed by atoms with van der Waals surface area (Å²) in [6.45, 7) is 7.30. The third kappa shape index (κ3) is 26.3. The number of hydrogen-bond acceptors (Lipinski definition) is 6. The number of nitrogens with two attached hydrogens (primary N) is 1. The number of carbonyl (C=O) groups excluding carboxylic acids is 2. The lowest BCUT2D eigenvalue weighted by atomic mass is 10.0. The van der Waals surface area contributed by atoms with Gasteiger partial charge < -0.3 is 20.6 Å². The van der Waals surface area contributed by atoms with Crippen molar-refractivity contribution in [3.63, 3.8) is 0 Å². The third-order valence-corrected chi connectivity index (χ3v) is 5.39. The lowest BCUT2D eigenvalue weighted by molar-refractivity contribution is -0.123. The second kappa shape index (κ2) is 25.6. The van der Waals surface area contributed by atoms with Crippen LogP contribution in [-0.4, -0.2) is 44.7 Å². The summed E-state index contributed by atoms with van der Waals surface area (Å²) in [6, 6.07) is 0. The Morgan fingerprint density at radius 2 is 1.26 bits per heavy atom. The topological polar surface area (TPSA) is 127 Å². The Morgan fingerprint density at radius 1 is 0.765 bits per heavy atom. The number of rotatable bonds is 26. The number of Topliss-reactive ketones (excluding diaryl/α,β-unsaturated/α-hetero) is 1. The molecule has 0 saturated carbocycles. The van der Waals surface area contributed by atoms with Gasteiger partial charge in [-0.3, -0.25) is 15.0 Å². The van der Waals surface area contributed by atoms with E-state index in [-0.39, 0.29) is 18.3 Å². The van der Waals surface area contributed by atoms with Crippen LogP contribution in [0.5, 0.6) is 0 Å². The Hall–Kier alpha value is -2.00. The van der Waals surface area contributed by atoms with Crippen LogP contribution in [0.2, 0.25) is 0 Å². The molecule has 34 heavy (non-hydrogen) atoms. The highest BCUT2D eigenvalue weighted by Crippen LogP contribution is 2.14. The highest BCUT2D eigenvalue weighted by molar-refractivity contribution is 5.76. The molecule has 0 spiro atoms. The van der Waals surface area contributed by atoms with Crippen LogP contribution in [0.4, 0.5) is 0 Å². The van der Waals surface area contributed by atoms with Gasteiger partial charge in [0.05, 0.1) is 19.8 Å². The molecule has 0 unspecified atom stereocenters. The van der Waals surface area contributed by atoms with Gasteiger partial charge >= 0.3 is 0 Å². The molecule has 0 aliphatic rings. The molecule has 0 aliphatic carbocycles. The Morgan fingerprint density at radius 3 is 1.79 bits per heavy atom. The minimum Gasteiger partial charge on any atom is -0.377 e. The minimum atomic E-state index is 0.00624. The fraction of sp³-hybridized carbons (Fsp3) is 0.840. The number of ketones is 1. The van der Waals surface area contributed by atoms with Crippen LogP contribution in [0.25, 0.3) is 0 Å². The average molecular weight is 484 g/mol. The van der Waals surface area contributed by atoms with Crippen molar-refractivity contribution in [1.82, 2.24) is 10.7 Å². The molecule has 0 aromatic carbocycles. The first kappa shape index (κ1) is 32.0. The molecule has 0 bridgehead atoms. The van der Waals surface area contributed by atoms with Crippen molar-refractivity contribution in [2.45, 2.75) is 103 Å². The largest absolute Gasteiger partial charge is 0.377 e. The second-order valence-corrected chi connectivity index (χ2v) is 8.74. The van der Waals surface area contributed by atoms with Gasteiger partial charge in [0.2, 0.25) is 5.91 Å². The van der Waals surface area contributed by atoms with E-state index in [1.807, 2.05) is 0 Å². The molecule has 0 radical (unpaired) electrons. The highest BCUT2D eigenvalue weighted by Gasteiger charge is 2.01. The van der Waals surface area contributed by atoms with E-state index < -0.39 is 0 Å². The first-order valence-corrected chi connectivity index (χ1v) is 13.0. The maximum Gasteiger partial charge on any atom is 0.220 e. The molecule has 0 aliphatic heterocycles. The van der Waals surface area contributed by atoms with E-state index in [1.54, 1.807) is 0 Å². The number of carbonyl (C=O) groups is 2. The van der Waals surface area contributed by atoms with Crippen molar-refractivity contribution in [2.24, 2.45) is 16.3 Å². The lowest BCUT2D eigenvalue weighted by Crippen LogP contribution is -2.27. The van der Waals surface area contributed by atoms with E-state index in [2.05, 4.69) is 27.8 Å². The van der Waals surface area contributed by atoms with E-state index in [1.165, 1.54) is 71.1 Å². The van der Waals surface area contributed by atoms with Crippen LogP contribution in [0.15, 0.2) is 22.7 Å². The first-order chi connectivity index (χ1) is 16.6. The van der Waals surface area contributed by atoms with Gasteiger partial charge in [0.25, 0.3) is 0 Å². The number of amides is 1. The zero-order valence-corrected chi connectivity index (χ0v) is 21.5. The fourth-order valence-electron chi connectivity index (χ4n) is 3.51. The summed E-state index contributed by atoms with van der Waals surface area (Å²) in [5.41, 5.74) is 3.57. The van der Waals surface area contributed by atoms with Gasteiger partial charge in [0.1, 0.15) is 6.61 Å². The summed E-state index contributed by atoms with van der Waals surface area (Å²) in [6.07, 6.45) is 17.6. The van der Waals surface area contributed by atoms with Crippen LogP contribution < -0.4 is 16.6 Å². The molecule has 0 fully saturated rings. The van der Waals surface area contributed by atoms with Crippen LogP contribution in [0, 0.1) is 0 Å². The fourth-order valence-corrected chi connectivity index (χ4v) is 3.51. The molecule has 9 heteroatoms. The molecule has 0 atom stereocenters. The predicted octanol–water partition coefficient (Wildman–Crippen LogP) is 4.92. The van der Waals surface area contributed by atoms with Crippen molar-refractivity contribution in [1.29, 1.82) is 0 Å². The van der Waals surface area contributed by atoms with Gasteiger partial charge in [0.15, 0.2) is 5.78 Å². The van der Waals surface area contributed by atoms with Gasteiger partial charge in [-0.15, -0.1) is 0 Å². The number of nitrogens with zero attached hydrogens (tertiary/aromatic N) is 2. The smallest absolute Gasteiger partial charge is 0.220 e. The number of hydrogen-bond donors (Lipinski definition) is 3. The average Bonchev–Trinajstić information content (AvgIpc) is 2.81. The third-order valence-electron chi connectivity index (χ3n) is 5.39. The van der Waals surface area contributed by atoms with Crippen molar-refractivity contribution in [2.75, 3.05) is 33.0 Å². The SMILES string of the molecule is C=C(CCCCCCCCCCCCCCCC(=O)NCCOCCOCC(C)=O)N/N=N\N. The van der Waals surface area contributed by atoms with Gasteiger partial charge in [-0.05, 0) is 26.2 Å². The summed E-state index contributed by atoms with van der Waals surface area (Å²) < 4.78 is 10.4. The standard InChI is InChI=1S/C25H49N5O4/c1-23(28-30-29-26)16-14-12-10-8-6-4-3-5-7-9-11-13-15-17-25(32)27-18-19-33-20-21-34-22-24(2)31/h1,3-22H2,2H3,(H2,26,30)(H,27,32)(H,28,29). The molecule has 0 aromatic heterocycles. The normalized spacial score (nSPS) is 11.1. The Bertz CT molecular complexity index is 543. The summed E-state index contributed by atoms with van der Waals surface area (Å²) in [5, 5.41) is 9.53. The maximum atomic E-state index is 11.8. The summed E-state index contributed by atoms with van der Waals surface area (Å²) in [5.74, 6) is 5.03. The van der Waals surface area contributed by atoms with Crippen LogP contribution in [0.1, 0.15) is 103 Å². The van der Waals surface area contributed by atoms with Gasteiger partial charge in [-0.1, -0.05) is 87.7 Å². The van der Waals surface area contributed by atoms with Crippen molar-refractivity contribution >= 4 is 11.7 Å². The van der Waals surface area contributed by atoms with Crippen LogP contribution >= 0.6 is 0 Å². The number of ether oxygens (including phenoxy) is 2. The second-order valence-electron chi connectivity index (χ2n) is 8.74. The zero-order chi connectivity index (χ0) is 25.1. The number of unbranched alkanes of at least 4 members (excludes halogenated alkanes) is 12. The van der Waals surface area contributed by atoms with Crippen molar-refractivity contribution < 1.29 is 19.1 Å². The molecule has 9 nitrogen and oxygen atoms in total. The molecule has 198 valence electrons. The first-order valence-electron chi connectivity index (χ1n) is 13.0. The quantitative estimate of drug-likeness (QED) is 0.0693. The minimum absolute atomic E-state index is 0.00624. The van der Waals surface area contributed by atoms with E-state index in [9.17, 15) is 9.59 Å². The Balaban J connectivity index is 3.21. The van der Waals surface area contributed by atoms with Crippen LogP contribution in [0.3, 0.4) is 0 Å². The molecular formula is C25H49N5O4. The predicted molar refractivity (Wildman–Crippen MR) is 136 cm³/mol. The summed E-state index contributed by atoms with van der Waals surface area (Å²) >= 11 is 0. The molecule has 0 rings (SSSR count).